The Balaban J connectivity index is 1.65. The molecule has 1 aromatic rings. The van der Waals surface area contributed by atoms with Crippen molar-refractivity contribution in [3.63, 3.8) is 0 Å². The first-order chi connectivity index (χ1) is 9.15. The minimum atomic E-state index is 0.716. The lowest BCUT2D eigenvalue weighted by atomic mass is 9.95. The van der Waals surface area contributed by atoms with E-state index in [-0.39, 0.29) is 0 Å². The molecule has 0 bridgehead atoms. The summed E-state index contributed by atoms with van der Waals surface area (Å²) in [6, 6.07) is 9.70. The topological polar surface area (TPSA) is 18.5 Å². The van der Waals surface area contributed by atoms with Crippen LogP contribution in [-0.2, 0) is 6.54 Å². The number of nitrogens with zero attached hydrogens (tertiary/aromatic N) is 2. The van der Waals surface area contributed by atoms with Crippen molar-refractivity contribution in [2.24, 2.45) is 11.8 Å². The standard InChI is InChI=1S/C16H25N3/c1-12-16-9-17-8-14(16)11-19(12)10-13-4-6-15(7-5-13)18(2)3/h4-7,12,14,16-17H,8-11H2,1-3H3. The third-order valence-corrected chi connectivity index (χ3v) is 4.90. The molecule has 0 spiro atoms. The fourth-order valence-electron chi connectivity index (χ4n) is 3.60. The number of rotatable bonds is 3. The molecule has 0 radical (unpaired) electrons. The number of nitrogens with one attached hydrogen (secondary N) is 1. The minimum Gasteiger partial charge on any atom is -0.378 e. The molecule has 2 saturated heterocycles. The van der Waals surface area contributed by atoms with Crippen LogP contribution in [0.4, 0.5) is 5.69 Å². The van der Waals surface area contributed by atoms with E-state index < -0.39 is 0 Å². The maximum absolute atomic E-state index is 3.53. The van der Waals surface area contributed by atoms with E-state index in [2.05, 4.69) is 60.4 Å². The molecule has 0 saturated carbocycles. The fourth-order valence-corrected chi connectivity index (χ4v) is 3.60. The molecule has 3 unspecified atom stereocenters. The highest BCUT2D eigenvalue weighted by atomic mass is 15.2. The van der Waals surface area contributed by atoms with Gasteiger partial charge in [0, 0.05) is 38.9 Å². The summed E-state index contributed by atoms with van der Waals surface area (Å²) in [7, 11) is 4.18. The monoisotopic (exact) mass is 259 g/mol. The van der Waals surface area contributed by atoms with E-state index in [1.165, 1.54) is 30.9 Å². The molecule has 2 aliphatic heterocycles. The molecule has 0 amide bonds. The smallest absolute Gasteiger partial charge is 0.0361 e. The molecule has 2 aliphatic rings. The van der Waals surface area contributed by atoms with Gasteiger partial charge in [0.25, 0.3) is 0 Å². The first-order valence-corrected chi connectivity index (χ1v) is 7.36. The van der Waals surface area contributed by atoms with E-state index in [9.17, 15) is 0 Å². The number of benzene rings is 1. The van der Waals surface area contributed by atoms with Gasteiger partial charge in [0.2, 0.25) is 0 Å². The summed E-state index contributed by atoms with van der Waals surface area (Å²) in [6.07, 6.45) is 0. The second-order valence-corrected chi connectivity index (χ2v) is 6.31. The van der Waals surface area contributed by atoms with Gasteiger partial charge in [-0.3, -0.25) is 4.90 Å². The van der Waals surface area contributed by atoms with Crippen LogP contribution < -0.4 is 10.2 Å². The molecule has 104 valence electrons. The number of hydrogen-bond donors (Lipinski definition) is 1. The van der Waals surface area contributed by atoms with Crippen LogP contribution in [0, 0.1) is 11.8 Å². The zero-order valence-corrected chi connectivity index (χ0v) is 12.3. The summed E-state index contributed by atoms with van der Waals surface area (Å²) in [5.41, 5.74) is 2.71. The highest BCUT2D eigenvalue weighted by Crippen LogP contribution is 2.33. The minimum absolute atomic E-state index is 0.716. The molecule has 3 rings (SSSR count). The molecule has 3 nitrogen and oxygen atoms in total. The predicted octanol–water partition coefficient (Wildman–Crippen LogP) is 1.79. The zero-order chi connectivity index (χ0) is 13.4. The van der Waals surface area contributed by atoms with E-state index >= 15 is 0 Å². The van der Waals surface area contributed by atoms with Gasteiger partial charge >= 0.3 is 0 Å². The lowest BCUT2D eigenvalue weighted by Crippen LogP contribution is -2.32. The van der Waals surface area contributed by atoms with Gasteiger partial charge in [-0.1, -0.05) is 12.1 Å². The maximum atomic E-state index is 3.53. The van der Waals surface area contributed by atoms with E-state index in [0.717, 1.165) is 18.4 Å². The van der Waals surface area contributed by atoms with Gasteiger partial charge in [0.15, 0.2) is 0 Å². The quantitative estimate of drug-likeness (QED) is 0.893. The Morgan fingerprint density at radius 3 is 2.58 bits per heavy atom. The summed E-state index contributed by atoms with van der Waals surface area (Å²) >= 11 is 0. The molecular formula is C16H25N3. The highest BCUT2D eigenvalue weighted by molar-refractivity contribution is 5.46. The average molecular weight is 259 g/mol. The van der Waals surface area contributed by atoms with Gasteiger partial charge in [0.05, 0.1) is 0 Å². The van der Waals surface area contributed by atoms with Gasteiger partial charge in [0.1, 0.15) is 0 Å². The molecule has 3 heteroatoms. The largest absolute Gasteiger partial charge is 0.378 e. The van der Waals surface area contributed by atoms with E-state index in [0.29, 0.717) is 6.04 Å². The average Bonchev–Trinajstić information content (AvgIpc) is 2.95. The van der Waals surface area contributed by atoms with Crippen molar-refractivity contribution in [1.82, 2.24) is 10.2 Å². The van der Waals surface area contributed by atoms with Crippen LogP contribution in [0.2, 0.25) is 0 Å². The first kappa shape index (κ1) is 12.9. The van der Waals surface area contributed by atoms with E-state index in [1.54, 1.807) is 0 Å². The molecule has 0 aromatic heterocycles. The van der Waals surface area contributed by atoms with Crippen LogP contribution in [0.1, 0.15) is 12.5 Å². The van der Waals surface area contributed by atoms with Crippen LogP contribution >= 0.6 is 0 Å². The third-order valence-electron chi connectivity index (χ3n) is 4.90. The van der Waals surface area contributed by atoms with E-state index in [1.807, 2.05) is 0 Å². The second kappa shape index (κ2) is 5.14. The normalized spacial score (nSPS) is 30.6. The predicted molar refractivity (Wildman–Crippen MR) is 80.5 cm³/mol. The Morgan fingerprint density at radius 1 is 1.21 bits per heavy atom. The van der Waals surface area contributed by atoms with Crippen molar-refractivity contribution in [1.29, 1.82) is 0 Å². The molecule has 3 atom stereocenters. The number of fused-ring (bicyclic) bond motifs is 1. The lowest BCUT2D eigenvalue weighted by Gasteiger charge is -2.24. The molecule has 2 fully saturated rings. The summed E-state index contributed by atoms with van der Waals surface area (Å²) in [4.78, 5) is 4.80. The van der Waals surface area contributed by atoms with Gasteiger partial charge in [-0.25, -0.2) is 0 Å². The zero-order valence-electron chi connectivity index (χ0n) is 12.3. The van der Waals surface area contributed by atoms with Gasteiger partial charge < -0.3 is 10.2 Å². The van der Waals surface area contributed by atoms with Crippen molar-refractivity contribution in [2.75, 3.05) is 38.6 Å². The molecule has 19 heavy (non-hydrogen) atoms. The number of anilines is 1. The SMILES string of the molecule is CC1C2CNCC2CN1Cc1ccc(N(C)C)cc1. The first-order valence-electron chi connectivity index (χ1n) is 7.36. The molecule has 2 heterocycles. The van der Waals surface area contributed by atoms with Gasteiger partial charge in [-0.05, 0) is 49.5 Å². The fraction of sp³-hybridized carbons (Fsp3) is 0.625. The van der Waals surface area contributed by atoms with E-state index in [4.69, 9.17) is 0 Å². The van der Waals surface area contributed by atoms with Crippen LogP contribution in [0.5, 0.6) is 0 Å². The number of hydrogen-bond acceptors (Lipinski definition) is 3. The number of likely N-dealkylation sites (tertiary alicyclic amines) is 1. The Bertz CT molecular complexity index is 426. The second-order valence-electron chi connectivity index (χ2n) is 6.31. The van der Waals surface area contributed by atoms with Crippen molar-refractivity contribution >= 4 is 5.69 Å². The summed E-state index contributed by atoms with van der Waals surface area (Å²) in [6.45, 7) is 7.18. The van der Waals surface area contributed by atoms with Crippen molar-refractivity contribution in [3.05, 3.63) is 29.8 Å². The van der Waals surface area contributed by atoms with Crippen LogP contribution in [0.3, 0.4) is 0 Å². The Labute approximate surface area is 116 Å². The lowest BCUT2D eigenvalue weighted by molar-refractivity contribution is 0.231. The summed E-state index contributed by atoms with van der Waals surface area (Å²) in [5.74, 6) is 1.73. The third kappa shape index (κ3) is 2.49. The van der Waals surface area contributed by atoms with Gasteiger partial charge in [-0.15, -0.1) is 0 Å². The van der Waals surface area contributed by atoms with Crippen LogP contribution in [0.25, 0.3) is 0 Å². The Hall–Kier alpha value is -1.06. The van der Waals surface area contributed by atoms with Gasteiger partial charge in [-0.2, -0.15) is 0 Å². The molecule has 0 aliphatic carbocycles. The highest BCUT2D eigenvalue weighted by Gasteiger charge is 2.41. The Kier molecular flexibility index (Phi) is 3.50. The summed E-state index contributed by atoms with van der Waals surface area (Å²) in [5, 5.41) is 3.53. The van der Waals surface area contributed by atoms with Crippen molar-refractivity contribution < 1.29 is 0 Å². The van der Waals surface area contributed by atoms with Crippen LogP contribution in [-0.4, -0.2) is 44.7 Å². The van der Waals surface area contributed by atoms with Crippen molar-refractivity contribution in [2.45, 2.75) is 19.5 Å². The summed E-state index contributed by atoms with van der Waals surface area (Å²) < 4.78 is 0. The molecule has 1 aromatic carbocycles. The molecule has 1 N–H and O–H groups in total. The van der Waals surface area contributed by atoms with Crippen LogP contribution in [0.15, 0.2) is 24.3 Å². The Morgan fingerprint density at radius 2 is 1.95 bits per heavy atom. The van der Waals surface area contributed by atoms with Crippen molar-refractivity contribution in [3.8, 4) is 0 Å². The maximum Gasteiger partial charge on any atom is 0.0361 e. The molecular weight excluding hydrogens is 234 g/mol.